The van der Waals surface area contributed by atoms with Gasteiger partial charge in [-0.1, -0.05) is 29.8 Å². The number of unbranched alkanes of at least 4 members (excludes halogenated alkanes) is 1. The molecular weight excluding hydrogens is 416 g/mol. The van der Waals surface area contributed by atoms with Gasteiger partial charge in [-0.3, -0.25) is 0 Å². The molecule has 0 spiro atoms. The van der Waals surface area contributed by atoms with E-state index in [2.05, 4.69) is 57.3 Å². The number of aromatic amines is 1. The zero-order chi connectivity index (χ0) is 17.4. The van der Waals surface area contributed by atoms with Gasteiger partial charge in [0.05, 0.1) is 16.1 Å². The molecule has 128 valence electrons. The highest BCUT2D eigenvalue weighted by molar-refractivity contribution is 9.10. The number of benzene rings is 2. The van der Waals surface area contributed by atoms with Crippen molar-refractivity contribution in [3.63, 3.8) is 0 Å². The lowest BCUT2D eigenvalue weighted by molar-refractivity contribution is 0.748. The molecular formula is C20H18BrClN2S. The Morgan fingerprint density at radius 3 is 2.76 bits per heavy atom. The van der Waals surface area contributed by atoms with Crippen LogP contribution in [0, 0.1) is 0 Å². The molecule has 0 aliphatic carbocycles. The summed E-state index contributed by atoms with van der Waals surface area (Å²) >= 11 is 11.8. The summed E-state index contributed by atoms with van der Waals surface area (Å²) in [5, 5.41) is 3.23. The Kier molecular flexibility index (Phi) is 4.87. The molecule has 2 aromatic carbocycles. The molecule has 0 aliphatic rings. The molecule has 0 atom stereocenters. The van der Waals surface area contributed by atoms with Gasteiger partial charge in [-0.15, -0.1) is 11.3 Å². The van der Waals surface area contributed by atoms with Crippen LogP contribution in [0.3, 0.4) is 0 Å². The molecule has 0 unspecified atom stereocenters. The molecule has 0 fully saturated rings. The summed E-state index contributed by atoms with van der Waals surface area (Å²) in [4.78, 5) is 4.90. The first-order valence-electron chi connectivity index (χ1n) is 8.36. The summed E-state index contributed by atoms with van der Waals surface area (Å²) in [6.45, 7) is 0.727. The van der Waals surface area contributed by atoms with Crippen molar-refractivity contribution >= 4 is 59.9 Å². The topological polar surface area (TPSA) is 41.8 Å². The molecule has 0 saturated heterocycles. The van der Waals surface area contributed by atoms with Crippen molar-refractivity contribution in [3.8, 4) is 10.6 Å². The Labute approximate surface area is 164 Å². The quantitative estimate of drug-likeness (QED) is 0.336. The van der Waals surface area contributed by atoms with Crippen molar-refractivity contribution in [1.29, 1.82) is 0 Å². The van der Waals surface area contributed by atoms with E-state index in [4.69, 9.17) is 17.3 Å². The zero-order valence-corrected chi connectivity index (χ0v) is 16.8. The number of hydrogen-bond donors (Lipinski definition) is 2. The third-order valence-corrected chi connectivity index (χ3v) is 6.46. The van der Waals surface area contributed by atoms with Gasteiger partial charge in [-0.05, 0) is 77.0 Å². The third kappa shape index (κ3) is 3.24. The van der Waals surface area contributed by atoms with Gasteiger partial charge in [0, 0.05) is 19.6 Å². The highest BCUT2D eigenvalue weighted by Crippen LogP contribution is 2.40. The number of rotatable bonds is 5. The highest BCUT2D eigenvalue weighted by atomic mass is 79.9. The van der Waals surface area contributed by atoms with Crippen molar-refractivity contribution in [1.82, 2.24) is 4.98 Å². The van der Waals surface area contributed by atoms with Crippen LogP contribution < -0.4 is 5.73 Å². The van der Waals surface area contributed by atoms with Crippen molar-refractivity contribution in [3.05, 3.63) is 57.5 Å². The van der Waals surface area contributed by atoms with Gasteiger partial charge in [0.15, 0.2) is 0 Å². The number of halogens is 2. The van der Waals surface area contributed by atoms with E-state index in [1.165, 1.54) is 31.6 Å². The molecule has 2 nitrogen and oxygen atoms in total. The van der Waals surface area contributed by atoms with Crippen LogP contribution in [0.2, 0.25) is 5.02 Å². The minimum atomic E-state index is 0.727. The average Bonchev–Trinajstić information content (AvgIpc) is 3.17. The predicted octanol–water partition coefficient (Wildman–Crippen LogP) is 6.75. The lowest BCUT2D eigenvalue weighted by Gasteiger charge is -2.03. The van der Waals surface area contributed by atoms with Crippen LogP contribution in [-0.2, 0) is 6.42 Å². The van der Waals surface area contributed by atoms with Crippen LogP contribution in [0.25, 0.3) is 31.6 Å². The lowest BCUT2D eigenvalue weighted by atomic mass is 10.0. The maximum Gasteiger partial charge on any atom is 0.0607 e. The highest BCUT2D eigenvalue weighted by Gasteiger charge is 2.17. The Hall–Kier alpha value is -1.33. The van der Waals surface area contributed by atoms with E-state index in [-0.39, 0.29) is 0 Å². The van der Waals surface area contributed by atoms with Crippen molar-refractivity contribution in [2.75, 3.05) is 6.54 Å². The molecule has 3 N–H and O–H groups in total. The Bertz CT molecular complexity index is 1020. The zero-order valence-electron chi connectivity index (χ0n) is 13.6. The van der Waals surface area contributed by atoms with Gasteiger partial charge < -0.3 is 10.7 Å². The lowest BCUT2D eigenvalue weighted by Crippen LogP contribution is -1.99. The van der Waals surface area contributed by atoms with Crippen LogP contribution in [0.1, 0.15) is 18.4 Å². The first kappa shape index (κ1) is 17.1. The molecule has 0 saturated carbocycles. The third-order valence-electron chi connectivity index (χ3n) is 4.48. The minimum absolute atomic E-state index is 0.727. The van der Waals surface area contributed by atoms with Gasteiger partial charge in [0.2, 0.25) is 0 Å². The van der Waals surface area contributed by atoms with E-state index < -0.39 is 0 Å². The number of aromatic nitrogens is 1. The number of fused-ring (bicyclic) bond motifs is 2. The van der Waals surface area contributed by atoms with E-state index in [1.807, 2.05) is 17.4 Å². The van der Waals surface area contributed by atoms with Crippen molar-refractivity contribution in [2.24, 2.45) is 5.73 Å². The molecule has 4 rings (SSSR count). The van der Waals surface area contributed by atoms with Crippen molar-refractivity contribution < 1.29 is 0 Å². The molecule has 4 aromatic rings. The second-order valence-electron chi connectivity index (χ2n) is 6.18. The summed E-state index contributed by atoms with van der Waals surface area (Å²) in [6, 6.07) is 14.8. The molecule has 2 heterocycles. The SMILES string of the molecule is NCCCCc1c(-c2cc3ccccc3s2)[nH]c2c(Br)cc(Cl)cc12. The van der Waals surface area contributed by atoms with E-state index >= 15 is 0 Å². The number of thiophene rings is 1. The second kappa shape index (κ2) is 7.12. The number of nitrogens with one attached hydrogen (secondary N) is 1. The van der Waals surface area contributed by atoms with Crippen LogP contribution in [0.15, 0.2) is 46.9 Å². The Balaban J connectivity index is 1.91. The number of aryl methyl sites for hydroxylation is 1. The largest absolute Gasteiger partial charge is 0.353 e. The minimum Gasteiger partial charge on any atom is -0.353 e. The summed E-state index contributed by atoms with van der Waals surface area (Å²) in [6.07, 6.45) is 3.10. The average molecular weight is 434 g/mol. The predicted molar refractivity (Wildman–Crippen MR) is 114 cm³/mol. The maximum atomic E-state index is 6.32. The summed E-state index contributed by atoms with van der Waals surface area (Å²) < 4.78 is 2.31. The Morgan fingerprint density at radius 2 is 1.96 bits per heavy atom. The monoisotopic (exact) mass is 432 g/mol. The van der Waals surface area contributed by atoms with Crippen molar-refractivity contribution in [2.45, 2.75) is 19.3 Å². The molecule has 2 aromatic heterocycles. The van der Waals surface area contributed by atoms with E-state index in [0.717, 1.165) is 40.8 Å². The molecule has 0 radical (unpaired) electrons. The van der Waals surface area contributed by atoms with E-state index in [0.29, 0.717) is 0 Å². The number of hydrogen-bond acceptors (Lipinski definition) is 2. The van der Waals surface area contributed by atoms with Crippen LogP contribution in [0.5, 0.6) is 0 Å². The van der Waals surface area contributed by atoms with Gasteiger partial charge in [-0.2, -0.15) is 0 Å². The van der Waals surface area contributed by atoms with Gasteiger partial charge >= 0.3 is 0 Å². The van der Waals surface area contributed by atoms with Crippen LogP contribution >= 0.6 is 38.9 Å². The number of nitrogens with two attached hydrogens (primary N) is 1. The van der Waals surface area contributed by atoms with Gasteiger partial charge in [0.25, 0.3) is 0 Å². The molecule has 0 aliphatic heterocycles. The standard InChI is InChI=1S/C20H18BrClN2S/c21-16-11-13(22)10-15-14(6-3-4-8-23)20(24-19(15)16)18-9-12-5-1-2-7-17(12)25-18/h1-2,5,7,9-11,24H,3-4,6,8,23H2. The fraction of sp³-hybridized carbons (Fsp3) is 0.200. The molecule has 5 heteroatoms. The Morgan fingerprint density at radius 1 is 1.12 bits per heavy atom. The molecule has 25 heavy (non-hydrogen) atoms. The fourth-order valence-corrected chi connectivity index (χ4v) is 5.29. The normalized spacial score (nSPS) is 11.6. The molecule has 0 amide bonds. The smallest absolute Gasteiger partial charge is 0.0607 e. The van der Waals surface area contributed by atoms with Crippen LogP contribution in [-0.4, -0.2) is 11.5 Å². The van der Waals surface area contributed by atoms with Crippen LogP contribution in [0.4, 0.5) is 0 Å². The summed E-state index contributed by atoms with van der Waals surface area (Å²) in [5.74, 6) is 0. The maximum absolute atomic E-state index is 6.32. The molecule has 0 bridgehead atoms. The summed E-state index contributed by atoms with van der Waals surface area (Å²) in [7, 11) is 0. The first-order chi connectivity index (χ1) is 12.2. The fourth-order valence-electron chi connectivity index (χ4n) is 3.29. The first-order valence-corrected chi connectivity index (χ1v) is 10.3. The second-order valence-corrected chi connectivity index (χ2v) is 8.56. The summed E-state index contributed by atoms with van der Waals surface area (Å²) in [5.41, 5.74) is 9.34. The number of H-pyrrole nitrogens is 1. The van der Waals surface area contributed by atoms with Gasteiger partial charge in [-0.25, -0.2) is 0 Å². The van der Waals surface area contributed by atoms with E-state index in [9.17, 15) is 0 Å². The van der Waals surface area contributed by atoms with E-state index in [1.54, 1.807) is 0 Å². The van der Waals surface area contributed by atoms with Gasteiger partial charge in [0.1, 0.15) is 0 Å².